The maximum Gasteiger partial charge on any atom is 0.408 e. The van der Waals surface area contributed by atoms with Crippen LogP contribution in [0, 0.1) is 10.1 Å². The molecule has 1 aromatic heterocycles. The van der Waals surface area contributed by atoms with Gasteiger partial charge in [-0.3, -0.25) is 19.8 Å². The van der Waals surface area contributed by atoms with Crippen molar-refractivity contribution in [1.82, 2.24) is 25.1 Å². The van der Waals surface area contributed by atoms with E-state index in [4.69, 9.17) is 9.47 Å². The van der Waals surface area contributed by atoms with Crippen molar-refractivity contribution >= 4 is 17.7 Å². The Balaban J connectivity index is 1.47. The van der Waals surface area contributed by atoms with Crippen LogP contribution in [0.25, 0.3) is 0 Å². The smallest absolute Gasteiger partial charge is 0.408 e. The number of piperazine rings is 1. The summed E-state index contributed by atoms with van der Waals surface area (Å²) >= 11 is 0. The van der Waals surface area contributed by atoms with E-state index >= 15 is 0 Å². The minimum atomic E-state index is -1.26. The van der Waals surface area contributed by atoms with Crippen LogP contribution in [0.2, 0.25) is 0 Å². The minimum absolute atomic E-state index is 0.0379. The lowest BCUT2D eigenvalue weighted by atomic mass is 9.75. The van der Waals surface area contributed by atoms with Gasteiger partial charge >= 0.3 is 23.8 Å². The number of carboxylic acid groups (broad SMARTS) is 1. The van der Waals surface area contributed by atoms with E-state index in [1.807, 2.05) is 31.3 Å². The second kappa shape index (κ2) is 11.3. The second-order valence-corrected chi connectivity index (χ2v) is 10.7. The predicted octanol–water partition coefficient (Wildman–Crippen LogP) is 2.30. The fourth-order valence-electron chi connectivity index (χ4n) is 6.51. The lowest BCUT2D eigenvalue weighted by Gasteiger charge is -2.43. The second-order valence-electron chi connectivity index (χ2n) is 10.7. The molecule has 0 bridgehead atoms. The molecular formula is C27H34N6O7. The third-order valence-corrected chi connectivity index (χ3v) is 8.55. The molecule has 3 aliphatic rings. The summed E-state index contributed by atoms with van der Waals surface area (Å²) in [5.41, 5.74) is 0.379. The minimum Gasteiger partial charge on any atom is -0.468 e. The molecule has 13 nitrogen and oxygen atoms in total. The number of benzene rings is 1. The molecule has 1 aromatic carbocycles. The Morgan fingerprint density at radius 1 is 1.27 bits per heavy atom. The molecule has 4 atom stereocenters. The Morgan fingerprint density at radius 2 is 2.08 bits per heavy atom. The molecule has 2 aromatic rings. The number of ether oxygens (including phenoxy) is 2. The average molecular weight is 555 g/mol. The number of nitro groups is 1. The topological polar surface area (TPSA) is 160 Å². The summed E-state index contributed by atoms with van der Waals surface area (Å²) in [5.74, 6) is -0.425. The molecule has 3 unspecified atom stereocenters. The third kappa shape index (κ3) is 5.06. The first-order valence-electron chi connectivity index (χ1n) is 13.5. The first-order valence-corrected chi connectivity index (χ1v) is 13.5. The molecule has 0 spiro atoms. The highest BCUT2D eigenvalue weighted by atomic mass is 16.6. The molecule has 2 N–H and O–H groups in total. The number of aryl methyl sites for hydroxylation is 1. The van der Waals surface area contributed by atoms with Crippen LogP contribution in [0.4, 0.5) is 10.5 Å². The van der Waals surface area contributed by atoms with Gasteiger partial charge in [-0.15, -0.1) is 0 Å². The summed E-state index contributed by atoms with van der Waals surface area (Å²) in [6.07, 6.45) is 3.13. The predicted molar refractivity (Wildman–Crippen MR) is 142 cm³/mol. The summed E-state index contributed by atoms with van der Waals surface area (Å²) in [4.78, 5) is 49.1. The van der Waals surface area contributed by atoms with Gasteiger partial charge in [0.05, 0.1) is 23.5 Å². The lowest BCUT2D eigenvalue weighted by molar-refractivity contribution is -0.386. The number of likely N-dealkylation sites (N-methyl/N-ethyl adjacent to an activating group) is 1. The van der Waals surface area contributed by atoms with Gasteiger partial charge in [0.1, 0.15) is 18.5 Å². The summed E-state index contributed by atoms with van der Waals surface area (Å²) in [6, 6.07) is 6.08. The molecule has 214 valence electrons. The molecule has 13 heteroatoms. The van der Waals surface area contributed by atoms with E-state index in [0.717, 1.165) is 36.7 Å². The number of carbonyl (C=O) groups is 2. The maximum absolute atomic E-state index is 13.3. The summed E-state index contributed by atoms with van der Waals surface area (Å²) in [7, 11) is 3.34. The number of hydrogen-bond acceptors (Lipinski definition) is 10. The van der Waals surface area contributed by atoms with E-state index in [0.29, 0.717) is 19.4 Å². The van der Waals surface area contributed by atoms with Gasteiger partial charge in [-0.05, 0) is 56.8 Å². The summed E-state index contributed by atoms with van der Waals surface area (Å²) < 4.78 is 11.1. The van der Waals surface area contributed by atoms with Gasteiger partial charge in [-0.25, -0.2) is 4.79 Å². The van der Waals surface area contributed by atoms with Gasteiger partial charge in [0.15, 0.2) is 0 Å². The van der Waals surface area contributed by atoms with Crippen LogP contribution in [-0.4, -0.2) is 94.3 Å². The highest BCUT2D eigenvalue weighted by Crippen LogP contribution is 2.45. The van der Waals surface area contributed by atoms with Crippen molar-refractivity contribution in [3.05, 3.63) is 57.4 Å². The van der Waals surface area contributed by atoms with Gasteiger partial charge in [-0.1, -0.05) is 24.3 Å². The molecular weight excluding hydrogens is 520 g/mol. The Morgan fingerprint density at radius 3 is 2.77 bits per heavy atom. The van der Waals surface area contributed by atoms with Crippen molar-refractivity contribution in [2.24, 2.45) is 0 Å². The zero-order valence-corrected chi connectivity index (χ0v) is 22.6. The Bertz CT molecular complexity index is 1290. The van der Waals surface area contributed by atoms with Gasteiger partial charge in [0.25, 0.3) is 0 Å². The number of rotatable bonds is 8. The van der Waals surface area contributed by atoms with E-state index in [9.17, 15) is 24.8 Å². The van der Waals surface area contributed by atoms with Crippen LogP contribution >= 0.6 is 0 Å². The Kier molecular flexibility index (Phi) is 7.86. The van der Waals surface area contributed by atoms with Crippen molar-refractivity contribution in [2.75, 3.05) is 40.4 Å². The molecule has 40 heavy (non-hydrogen) atoms. The molecule has 1 amide bonds. The SMILES string of the molecule is COC(=O)C1(CC2CNCC(c3nc(OC[C@@H]4CCCN4C)ncc3[N+](=O)[O-])N2C(=O)O)CCc2ccccc21. The van der Waals surface area contributed by atoms with Crippen LogP contribution in [0.1, 0.15) is 48.5 Å². The molecule has 1 aliphatic carbocycles. The molecule has 0 radical (unpaired) electrons. The number of likely N-dealkylation sites (tertiary alicyclic amines) is 1. The average Bonchev–Trinajstić information content (AvgIpc) is 3.54. The number of methoxy groups -OCH3 is 1. The van der Waals surface area contributed by atoms with E-state index < -0.39 is 40.2 Å². The van der Waals surface area contributed by atoms with Crippen LogP contribution in [0.3, 0.4) is 0 Å². The Labute approximate surface area is 231 Å². The molecule has 0 saturated carbocycles. The fourth-order valence-corrected chi connectivity index (χ4v) is 6.51. The van der Waals surface area contributed by atoms with Gasteiger partial charge in [0.2, 0.25) is 0 Å². The van der Waals surface area contributed by atoms with Crippen LogP contribution in [-0.2, 0) is 21.4 Å². The zero-order chi connectivity index (χ0) is 28.4. The maximum atomic E-state index is 13.3. The fraction of sp³-hybridized carbons (Fsp3) is 0.556. The zero-order valence-electron chi connectivity index (χ0n) is 22.6. The first kappa shape index (κ1) is 27.7. The number of carbonyl (C=O) groups excluding carboxylic acids is 1. The van der Waals surface area contributed by atoms with E-state index in [1.54, 1.807) is 0 Å². The summed E-state index contributed by atoms with van der Waals surface area (Å²) in [5, 5.41) is 25.6. The van der Waals surface area contributed by atoms with E-state index in [-0.39, 0.29) is 37.3 Å². The van der Waals surface area contributed by atoms with Crippen LogP contribution < -0.4 is 10.1 Å². The van der Waals surface area contributed by atoms with Gasteiger partial charge < -0.3 is 24.8 Å². The quantitative estimate of drug-likeness (QED) is 0.280. The van der Waals surface area contributed by atoms with Crippen molar-refractivity contribution in [3.63, 3.8) is 0 Å². The van der Waals surface area contributed by atoms with Crippen molar-refractivity contribution in [1.29, 1.82) is 0 Å². The van der Waals surface area contributed by atoms with E-state index in [1.165, 1.54) is 12.0 Å². The summed E-state index contributed by atoms with van der Waals surface area (Å²) in [6.45, 7) is 1.65. The number of nitrogens with one attached hydrogen (secondary N) is 1. The number of amides is 1. The molecule has 3 heterocycles. The van der Waals surface area contributed by atoms with Gasteiger partial charge in [0, 0.05) is 25.2 Å². The molecule has 2 fully saturated rings. The van der Waals surface area contributed by atoms with E-state index in [2.05, 4.69) is 20.2 Å². The first-order chi connectivity index (χ1) is 19.2. The number of esters is 1. The molecule has 2 saturated heterocycles. The van der Waals surface area contributed by atoms with Crippen LogP contribution in [0.5, 0.6) is 6.01 Å². The lowest BCUT2D eigenvalue weighted by Crippen LogP contribution is -2.57. The highest BCUT2D eigenvalue weighted by Gasteiger charge is 2.51. The standard InChI is InChI=1S/C27H34N6O7/c1-31-11-5-7-18(31)16-40-25-29-15-22(33(37)38)23(30-25)21-14-28-13-19(32(21)26(35)36)12-27(24(34)39-2)10-9-17-6-3-4-8-20(17)27/h3-4,6,8,15,18-19,21,28H,5,7,9-14,16H2,1-2H3,(H,35,36)/t18-,19?,21?,27?/m0/s1. The third-order valence-electron chi connectivity index (χ3n) is 8.55. The number of fused-ring (bicyclic) bond motifs is 1. The van der Waals surface area contributed by atoms with Crippen molar-refractivity contribution < 1.29 is 29.1 Å². The normalized spacial score (nSPS) is 26.4. The Hall–Kier alpha value is -3.84. The molecule has 5 rings (SSSR count). The molecule has 2 aliphatic heterocycles. The van der Waals surface area contributed by atoms with Crippen molar-refractivity contribution in [2.45, 2.75) is 55.6 Å². The monoisotopic (exact) mass is 554 g/mol. The number of hydrogen-bond donors (Lipinski definition) is 2. The largest absolute Gasteiger partial charge is 0.468 e. The van der Waals surface area contributed by atoms with Crippen LogP contribution in [0.15, 0.2) is 30.5 Å². The number of aromatic nitrogens is 2. The highest BCUT2D eigenvalue weighted by molar-refractivity contribution is 5.85. The van der Waals surface area contributed by atoms with Crippen molar-refractivity contribution in [3.8, 4) is 6.01 Å². The number of nitrogens with zero attached hydrogens (tertiary/aromatic N) is 5. The van der Waals surface area contributed by atoms with Gasteiger partial charge in [-0.2, -0.15) is 9.97 Å².